The summed E-state index contributed by atoms with van der Waals surface area (Å²) in [5.41, 5.74) is 2.67. The van der Waals surface area contributed by atoms with Crippen molar-refractivity contribution in [2.24, 2.45) is 4.99 Å². The summed E-state index contributed by atoms with van der Waals surface area (Å²) in [4.78, 5) is 48.2. The number of piperazine rings is 1. The molecule has 4 rings (SSSR count). The number of esters is 1. The topological polar surface area (TPSA) is 82.5 Å². The molecule has 3 aliphatic heterocycles. The maximum Gasteiger partial charge on any atom is 0.338 e. The van der Waals surface area contributed by atoms with Crippen LogP contribution in [0.15, 0.2) is 51.6 Å². The van der Waals surface area contributed by atoms with E-state index in [1.54, 1.807) is 28.9 Å². The van der Waals surface area contributed by atoms with Gasteiger partial charge in [0.15, 0.2) is 5.17 Å². The number of nitrogens with zero attached hydrogens (tertiary/aromatic N) is 4. The predicted octanol–water partition coefficient (Wildman–Crippen LogP) is 3.95. The second-order valence-electron chi connectivity index (χ2n) is 8.96. The molecule has 0 N–H and O–H groups in total. The molecule has 10 heteroatoms. The first-order chi connectivity index (χ1) is 16.7. The van der Waals surface area contributed by atoms with Crippen molar-refractivity contribution in [3.05, 3.63) is 57.2 Å². The molecule has 2 amide bonds. The van der Waals surface area contributed by atoms with E-state index in [2.05, 4.69) is 4.99 Å². The Hall–Kier alpha value is -2.78. The van der Waals surface area contributed by atoms with E-state index < -0.39 is 12.0 Å². The molecule has 1 aromatic rings. The van der Waals surface area contributed by atoms with E-state index in [1.165, 1.54) is 11.8 Å². The maximum atomic E-state index is 13.2. The van der Waals surface area contributed by atoms with Gasteiger partial charge >= 0.3 is 5.97 Å². The maximum absolute atomic E-state index is 13.2. The normalized spacial score (nSPS) is 20.1. The van der Waals surface area contributed by atoms with Gasteiger partial charge in [-0.25, -0.2) is 9.79 Å². The second-order valence-corrected chi connectivity index (χ2v) is 10.2. The van der Waals surface area contributed by atoms with Crippen molar-refractivity contribution in [1.82, 2.24) is 14.7 Å². The van der Waals surface area contributed by atoms with Gasteiger partial charge in [0.1, 0.15) is 0 Å². The van der Waals surface area contributed by atoms with Crippen LogP contribution in [0.4, 0.5) is 0 Å². The average Bonchev–Trinajstić information content (AvgIpc) is 3.20. The fourth-order valence-electron chi connectivity index (χ4n) is 4.41. The van der Waals surface area contributed by atoms with Crippen LogP contribution in [0.1, 0.15) is 45.7 Å². The standard InChI is InChI=1S/C25H29ClN4O4S/c1-15(2)34-24(33)22-16(3)27-25-30(23(22)18-5-7-19(26)8-6-18)20(14-35-25)13-21(32)29-11-9-28(10-12-29)17(4)31/h5-8,14-15,23H,9-13H2,1-4H3/t23-/m0/s1. The summed E-state index contributed by atoms with van der Waals surface area (Å²) in [5, 5.41) is 3.24. The van der Waals surface area contributed by atoms with Crippen LogP contribution in [0.3, 0.4) is 0 Å². The quantitative estimate of drug-likeness (QED) is 0.551. The number of benzene rings is 1. The van der Waals surface area contributed by atoms with Gasteiger partial charge in [0.05, 0.1) is 29.8 Å². The van der Waals surface area contributed by atoms with Crippen molar-refractivity contribution < 1.29 is 19.1 Å². The zero-order valence-corrected chi connectivity index (χ0v) is 21.9. The molecule has 0 bridgehead atoms. The summed E-state index contributed by atoms with van der Waals surface area (Å²) < 4.78 is 5.57. The molecule has 8 nitrogen and oxygen atoms in total. The van der Waals surface area contributed by atoms with Gasteiger partial charge in [0, 0.05) is 43.8 Å². The second kappa shape index (κ2) is 10.5. The zero-order chi connectivity index (χ0) is 25.3. The van der Waals surface area contributed by atoms with Gasteiger partial charge in [-0.2, -0.15) is 0 Å². The van der Waals surface area contributed by atoms with Gasteiger partial charge in [0.2, 0.25) is 11.8 Å². The SMILES string of the molecule is CC(=O)N1CCN(C(=O)CC2=CSC3=NC(C)=C(C(=O)OC(C)C)[C@H](c4ccc(Cl)cc4)N23)CC1. The van der Waals surface area contributed by atoms with Crippen molar-refractivity contribution in [3.63, 3.8) is 0 Å². The van der Waals surface area contributed by atoms with Crippen LogP contribution in [0.5, 0.6) is 0 Å². The Morgan fingerprint density at radius 1 is 1.11 bits per heavy atom. The molecule has 0 radical (unpaired) electrons. The number of aliphatic imine (C=N–C) groups is 1. The molecule has 186 valence electrons. The Balaban J connectivity index is 1.61. The molecular weight excluding hydrogens is 488 g/mol. The van der Waals surface area contributed by atoms with Crippen molar-refractivity contribution in [3.8, 4) is 0 Å². The number of halogens is 1. The lowest BCUT2D eigenvalue weighted by Crippen LogP contribution is -2.50. The molecule has 35 heavy (non-hydrogen) atoms. The van der Waals surface area contributed by atoms with Crippen LogP contribution in [0.2, 0.25) is 5.02 Å². The number of hydrogen-bond acceptors (Lipinski definition) is 7. The number of rotatable bonds is 5. The van der Waals surface area contributed by atoms with E-state index >= 15 is 0 Å². The molecule has 0 saturated carbocycles. The highest BCUT2D eigenvalue weighted by Gasteiger charge is 2.41. The fraction of sp³-hybridized carbons (Fsp3) is 0.440. The molecule has 1 aromatic carbocycles. The number of fused-ring (bicyclic) bond motifs is 1. The summed E-state index contributed by atoms with van der Waals surface area (Å²) in [6.45, 7) is 9.05. The third-order valence-electron chi connectivity index (χ3n) is 6.16. The van der Waals surface area contributed by atoms with E-state index in [9.17, 15) is 14.4 Å². The van der Waals surface area contributed by atoms with Gasteiger partial charge < -0.3 is 19.4 Å². The number of carbonyl (C=O) groups is 3. The summed E-state index contributed by atoms with van der Waals surface area (Å²) >= 11 is 7.58. The van der Waals surface area contributed by atoms with Crippen LogP contribution in [-0.2, 0) is 19.1 Å². The molecule has 0 unspecified atom stereocenters. The van der Waals surface area contributed by atoms with Gasteiger partial charge in [-0.3, -0.25) is 9.59 Å². The van der Waals surface area contributed by atoms with E-state index in [0.717, 1.165) is 11.3 Å². The van der Waals surface area contributed by atoms with Crippen LogP contribution in [0, 0.1) is 0 Å². The highest BCUT2D eigenvalue weighted by atomic mass is 35.5. The largest absolute Gasteiger partial charge is 0.459 e. The van der Waals surface area contributed by atoms with Gasteiger partial charge in [-0.1, -0.05) is 35.5 Å². The fourth-order valence-corrected chi connectivity index (χ4v) is 5.50. The third kappa shape index (κ3) is 5.41. The van der Waals surface area contributed by atoms with Crippen molar-refractivity contribution in [2.45, 2.75) is 46.3 Å². The summed E-state index contributed by atoms with van der Waals surface area (Å²) in [6, 6.07) is 6.85. The Morgan fingerprint density at radius 2 is 1.74 bits per heavy atom. The Morgan fingerprint density at radius 3 is 2.34 bits per heavy atom. The molecule has 0 spiro atoms. The molecule has 1 saturated heterocycles. The van der Waals surface area contributed by atoms with Crippen LogP contribution in [-0.4, -0.2) is 69.9 Å². The van der Waals surface area contributed by atoms with E-state index in [0.29, 0.717) is 47.6 Å². The number of thioether (sulfide) groups is 1. The van der Waals surface area contributed by atoms with Crippen molar-refractivity contribution in [1.29, 1.82) is 0 Å². The zero-order valence-electron chi connectivity index (χ0n) is 20.3. The molecular formula is C25H29ClN4O4S. The number of ether oxygens (including phenoxy) is 1. The first-order valence-corrected chi connectivity index (χ1v) is 12.9. The van der Waals surface area contributed by atoms with Gasteiger partial charge in [0.25, 0.3) is 0 Å². The first-order valence-electron chi connectivity index (χ1n) is 11.6. The first kappa shape index (κ1) is 25.3. The highest BCUT2D eigenvalue weighted by Crippen LogP contribution is 2.45. The van der Waals surface area contributed by atoms with Gasteiger partial charge in [-0.05, 0) is 43.9 Å². The molecule has 3 aliphatic rings. The molecule has 3 heterocycles. The van der Waals surface area contributed by atoms with Crippen molar-refractivity contribution >= 4 is 46.3 Å². The minimum Gasteiger partial charge on any atom is -0.459 e. The van der Waals surface area contributed by atoms with Crippen LogP contribution in [0.25, 0.3) is 0 Å². The molecule has 1 atom stereocenters. The summed E-state index contributed by atoms with van der Waals surface area (Å²) in [5.74, 6) is -0.424. The lowest BCUT2D eigenvalue weighted by molar-refractivity contribution is -0.143. The highest BCUT2D eigenvalue weighted by molar-refractivity contribution is 8.16. The third-order valence-corrected chi connectivity index (χ3v) is 7.30. The van der Waals surface area contributed by atoms with Crippen molar-refractivity contribution in [2.75, 3.05) is 26.2 Å². The smallest absolute Gasteiger partial charge is 0.338 e. The van der Waals surface area contributed by atoms with Crippen LogP contribution >= 0.6 is 23.4 Å². The predicted molar refractivity (Wildman–Crippen MR) is 137 cm³/mol. The lowest BCUT2D eigenvalue weighted by Gasteiger charge is -2.38. The molecule has 0 aliphatic carbocycles. The average molecular weight is 517 g/mol. The summed E-state index contributed by atoms with van der Waals surface area (Å²) in [6.07, 6.45) is -0.112. The number of amidine groups is 1. The van der Waals surface area contributed by atoms with Gasteiger partial charge in [-0.15, -0.1) is 0 Å². The minimum absolute atomic E-state index is 0.0197. The number of carbonyl (C=O) groups excluding carboxylic acids is 3. The number of allylic oxidation sites excluding steroid dienone is 1. The minimum atomic E-state index is -0.491. The summed E-state index contributed by atoms with van der Waals surface area (Å²) in [7, 11) is 0. The Labute approximate surface area is 214 Å². The number of amides is 2. The lowest BCUT2D eigenvalue weighted by atomic mass is 9.94. The Kier molecular flexibility index (Phi) is 7.56. The monoisotopic (exact) mass is 516 g/mol. The molecule has 0 aromatic heterocycles. The van der Waals surface area contributed by atoms with E-state index in [-0.39, 0.29) is 24.3 Å². The van der Waals surface area contributed by atoms with Crippen LogP contribution < -0.4 is 0 Å². The molecule has 1 fully saturated rings. The van der Waals surface area contributed by atoms with E-state index in [4.69, 9.17) is 16.3 Å². The Bertz CT molecular complexity index is 1120. The van der Waals surface area contributed by atoms with E-state index in [1.807, 2.05) is 43.2 Å². The number of hydrogen-bond donors (Lipinski definition) is 0.